The highest BCUT2D eigenvalue weighted by molar-refractivity contribution is 5.81. The van der Waals surface area contributed by atoms with Crippen molar-refractivity contribution < 1.29 is 4.79 Å². The minimum absolute atomic E-state index is 0.257. The number of rotatable bonds is 4. The van der Waals surface area contributed by atoms with Gasteiger partial charge in [-0.05, 0) is 30.4 Å². The normalized spacial score (nSPS) is 18.5. The SMILES string of the molecule is CC(C)Cn1c(CC2CCN(C(=O)C(C)(C)C)C2)nc2cccnc21. The number of amides is 1. The molecule has 1 aliphatic heterocycles. The maximum atomic E-state index is 12.5. The first kappa shape index (κ1) is 17.9. The predicted octanol–water partition coefficient (Wildman–Crippen LogP) is 3.52. The summed E-state index contributed by atoms with van der Waals surface area (Å²) in [6, 6.07) is 3.98. The highest BCUT2D eigenvalue weighted by atomic mass is 16.2. The molecule has 136 valence electrons. The minimum atomic E-state index is -0.302. The fraction of sp³-hybridized carbons (Fsp3) is 0.650. The molecule has 0 aliphatic carbocycles. The Morgan fingerprint density at radius 2 is 2.12 bits per heavy atom. The van der Waals surface area contributed by atoms with Crippen molar-refractivity contribution in [1.29, 1.82) is 0 Å². The highest BCUT2D eigenvalue weighted by Gasteiger charge is 2.33. The first-order valence-corrected chi connectivity index (χ1v) is 9.35. The molecule has 2 aromatic rings. The van der Waals surface area contributed by atoms with Crippen LogP contribution in [0, 0.1) is 17.3 Å². The van der Waals surface area contributed by atoms with Crippen LogP contribution in [0.25, 0.3) is 11.2 Å². The molecule has 1 saturated heterocycles. The molecule has 0 bridgehead atoms. The third-order valence-electron chi connectivity index (χ3n) is 4.82. The monoisotopic (exact) mass is 342 g/mol. The van der Waals surface area contributed by atoms with E-state index in [1.807, 2.05) is 44.0 Å². The van der Waals surface area contributed by atoms with Gasteiger partial charge in [0.25, 0.3) is 0 Å². The van der Waals surface area contributed by atoms with Crippen molar-refractivity contribution in [3.8, 4) is 0 Å². The van der Waals surface area contributed by atoms with Crippen LogP contribution < -0.4 is 0 Å². The summed E-state index contributed by atoms with van der Waals surface area (Å²) in [5.41, 5.74) is 1.65. The highest BCUT2D eigenvalue weighted by Crippen LogP contribution is 2.27. The smallest absolute Gasteiger partial charge is 0.227 e. The van der Waals surface area contributed by atoms with E-state index in [1.54, 1.807) is 0 Å². The standard InChI is InChI=1S/C20H30N4O/c1-14(2)12-24-17(22-16-7-6-9-21-18(16)24)11-15-8-10-23(13-15)19(25)20(3,4)5/h6-7,9,14-15H,8,10-13H2,1-5H3. The van der Waals surface area contributed by atoms with Gasteiger partial charge in [-0.25, -0.2) is 9.97 Å². The first-order valence-electron chi connectivity index (χ1n) is 9.35. The van der Waals surface area contributed by atoms with Crippen LogP contribution in [0.1, 0.15) is 46.9 Å². The number of pyridine rings is 1. The van der Waals surface area contributed by atoms with E-state index in [2.05, 4.69) is 23.4 Å². The second-order valence-corrected chi connectivity index (χ2v) is 8.74. The van der Waals surface area contributed by atoms with Gasteiger partial charge in [0.2, 0.25) is 5.91 Å². The van der Waals surface area contributed by atoms with Crippen LogP contribution in [0.2, 0.25) is 0 Å². The lowest BCUT2D eigenvalue weighted by molar-refractivity contribution is -0.138. The third kappa shape index (κ3) is 3.86. The Bertz CT molecular complexity index is 757. The van der Waals surface area contributed by atoms with E-state index in [-0.39, 0.29) is 11.3 Å². The van der Waals surface area contributed by atoms with Gasteiger partial charge >= 0.3 is 0 Å². The molecular formula is C20H30N4O. The number of imidazole rings is 1. The van der Waals surface area contributed by atoms with E-state index >= 15 is 0 Å². The molecule has 1 fully saturated rings. The van der Waals surface area contributed by atoms with E-state index in [9.17, 15) is 4.79 Å². The van der Waals surface area contributed by atoms with Gasteiger partial charge in [0.1, 0.15) is 11.3 Å². The Balaban J connectivity index is 1.78. The summed E-state index contributed by atoms with van der Waals surface area (Å²) in [4.78, 5) is 23.9. The van der Waals surface area contributed by atoms with Crippen LogP contribution in [-0.4, -0.2) is 38.4 Å². The molecule has 5 heteroatoms. The van der Waals surface area contributed by atoms with Gasteiger partial charge in [0.05, 0.1) is 0 Å². The molecule has 1 amide bonds. The lowest BCUT2D eigenvalue weighted by Gasteiger charge is -2.25. The molecule has 0 radical (unpaired) electrons. The van der Waals surface area contributed by atoms with Crippen molar-refractivity contribution in [1.82, 2.24) is 19.4 Å². The molecular weight excluding hydrogens is 312 g/mol. The van der Waals surface area contributed by atoms with Crippen molar-refractivity contribution >= 4 is 17.1 Å². The first-order chi connectivity index (χ1) is 11.8. The number of aromatic nitrogens is 3. The Morgan fingerprint density at radius 1 is 1.36 bits per heavy atom. The number of nitrogens with zero attached hydrogens (tertiary/aromatic N) is 4. The molecule has 0 spiro atoms. The molecule has 25 heavy (non-hydrogen) atoms. The second kappa shape index (κ2) is 6.77. The van der Waals surface area contributed by atoms with Crippen molar-refractivity contribution in [2.45, 2.75) is 54.0 Å². The summed E-state index contributed by atoms with van der Waals surface area (Å²) < 4.78 is 2.27. The van der Waals surface area contributed by atoms with Crippen molar-refractivity contribution in [3.63, 3.8) is 0 Å². The Labute approximate surface area is 150 Å². The number of carbonyl (C=O) groups is 1. The molecule has 1 atom stereocenters. The maximum Gasteiger partial charge on any atom is 0.227 e. The molecule has 0 N–H and O–H groups in total. The van der Waals surface area contributed by atoms with E-state index in [1.165, 1.54) is 0 Å². The van der Waals surface area contributed by atoms with Crippen LogP contribution >= 0.6 is 0 Å². The fourth-order valence-electron chi connectivity index (χ4n) is 3.63. The lowest BCUT2D eigenvalue weighted by atomic mass is 9.95. The zero-order valence-electron chi connectivity index (χ0n) is 16.1. The van der Waals surface area contributed by atoms with Gasteiger partial charge in [-0.15, -0.1) is 0 Å². The Hall–Kier alpha value is -1.91. The summed E-state index contributed by atoms with van der Waals surface area (Å²) in [7, 11) is 0. The molecule has 3 rings (SSSR count). The van der Waals surface area contributed by atoms with Gasteiger partial charge in [0.15, 0.2) is 5.65 Å². The van der Waals surface area contributed by atoms with E-state index in [0.717, 1.165) is 49.5 Å². The summed E-state index contributed by atoms with van der Waals surface area (Å²) in [5.74, 6) is 2.39. The van der Waals surface area contributed by atoms with Crippen LogP contribution in [0.4, 0.5) is 0 Å². The minimum Gasteiger partial charge on any atom is -0.342 e. The second-order valence-electron chi connectivity index (χ2n) is 8.74. The van der Waals surface area contributed by atoms with Crippen molar-refractivity contribution in [3.05, 3.63) is 24.2 Å². The molecule has 3 heterocycles. The molecule has 5 nitrogen and oxygen atoms in total. The van der Waals surface area contributed by atoms with Crippen molar-refractivity contribution in [2.24, 2.45) is 17.3 Å². The molecule has 2 aromatic heterocycles. The van der Waals surface area contributed by atoms with E-state index in [4.69, 9.17) is 4.98 Å². The summed E-state index contributed by atoms with van der Waals surface area (Å²) in [5, 5.41) is 0. The number of likely N-dealkylation sites (tertiary alicyclic amines) is 1. The average Bonchev–Trinajstić information content (AvgIpc) is 3.11. The maximum absolute atomic E-state index is 12.5. The molecule has 0 saturated carbocycles. The average molecular weight is 342 g/mol. The number of hydrogen-bond acceptors (Lipinski definition) is 3. The topological polar surface area (TPSA) is 51.0 Å². The summed E-state index contributed by atoms with van der Waals surface area (Å²) in [6.45, 7) is 13.1. The third-order valence-corrected chi connectivity index (χ3v) is 4.82. The number of hydrogen-bond donors (Lipinski definition) is 0. The largest absolute Gasteiger partial charge is 0.342 e. The van der Waals surface area contributed by atoms with Crippen molar-refractivity contribution in [2.75, 3.05) is 13.1 Å². The lowest BCUT2D eigenvalue weighted by Crippen LogP contribution is -2.38. The van der Waals surface area contributed by atoms with Crippen LogP contribution in [0.5, 0.6) is 0 Å². The zero-order valence-corrected chi connectivity index (χ0v) is 16.1. The molecule has 1 aliphatic rings. The number of carbonyl (C=O) groups excluding carboxylic acids is 1. The van der Waals surface area contributed by atoms with Gasteiger partial charge in [-0.1, -0.05) is 34.6 Å². The number of fused-ring (bicyclic) bond motifs is 1. The van der Waals surface area contributed by atoms with Gasteiger partial charge < -0.3 is 9.47 Å². The summed E-state index contributed by atoms with van der Waals surface area (Å²) in [6.07, 6.45) is 3.81. The van der Waals surface area contributed by atoms with Crippen LogP contribution in [-0.2, 0) is 17.8 Å². The van der Waals surface area contributed by atoms with Gasteiger partial charge in [-0.2, -0.15) is 0 Å². The Kier molecular flexibility index (Phi) is 4.85. The summed E-state index contributed by atoms with van der Waals surface area (Å²) >= 11 is 0. The van der Waals surface area contributed by atoms with Crippen LogP contribution in [0.15, 0.2) is 18.3 Å². The quantitative estimate of drug-likeness (QED) is 0.854. The van der Waals surface area contributed by atoms with Crippen LogP contribution in [0.3, 0.4) is 0 Å². The zero-order chi connectivity index (χ0) is 18.2. The van der Waals surface area contributed by atoms with Gasteiger partial charge in [0, 0.05) is 37.7 Å². The Morgan fingerprint density at radius 3 is 2.80 bits per heavy atom. The molecule has 0 aromatic carbocycles. The van der Waals surface area contributed by atoms with E-state index < -0.39 is 0 Å². The fourth-order valence-corrected chi connectivity index (χ4v) is 3.63. The molecule has 1 unspecified atom stereocenters. The predicted molar refractivity (Wildman–Crippen MR) is 100 cm³/mol. The van der Waals surface area contributed by atoms with E-state index in [0.29, 0.717) is 11.8 Å². The van der Waals surface area contributed by atoms with Gasteiger partial charge in [-0.3, -0.25) is 4.79 Å².